The summed E-state index contributed by atoms with van der Waals surface area (Å²) < 4.78 is 15.4. The quantitative estimate of drug-likeness (QED) is 0.575. The number of ether oxygens (including phenoxy) is 3. The number of carbonyl (C=O) groups is 2. The number of hydrogen-bond acceptors (Lipinski definition) is 5. The van der Waals surface area contributed by atoms with Crippen molar-refractivity contribution in [1.82, 2.24) is 0 Å². The van der Waals surface area contributed by atoms with Crippen molar-refractivity contribution in [3.8, 4) is 0 Å². The Morgan fingerprint density at radius 3 is 2.58 bits per heavy atom. The average molecular weight is 266 g/mol. The molecule has 19 heavy (non-hydrogen) atoms. The van der Waals surface area contributed by atoms with E-state index in [-0.39, 0.29) is 12.1 Å². The van der Waals surface area contributed by atoms with Gasteiger partial charge in [-0.15, -0.1) is 0 Å². The number of carbonyl (C=O) groups excluding carboxylic acids is 2. The van der Waals surface area contributed by atoms with E-state index in [2.05, 4.69) is 6.58 Å². The first-order chi connectivity index (χ1) is 8.96. The van der Waals surface area contributed by atoms with Crippen LogP contribution in [0.25, 0.3) is 0 Å². The zero-order valence-electron chi connectivity index (χ0n) is 11.4. The van der Waals surface area contributed by atoms with E-state index < -0.39 is 11.4 Å². The fraction of sp³-hybridized carbons (Fsp3) is 0.571. The van der Waals surface area contributed by atoms with Gasteiger partial charge in [0.1, 0.15) is 17.3 Å². The van der Waals surface area contributed by atoms with Crippen molar-refractivity contribution in [2.24, 2.45) is 5.41 Å². The van der Waals surface area contributed by atoms with Crippen LogP contribution < -0.4 is 0 Å². The molecular formula is C14H18O5. The summed E-state index contributed by atoms with van der Waals surface area (Å²) in [6.45, 7) is 5.70. The van der Waals surface area contributed by atoms with Gasteiger partial charge < -0.3 is 14.2 Å². The highest BCUT2D eigenvalue weighted by Crippen LogP contribution is 2.54. The number of rotatable bonds is 3. The van der Waals surface area contributed by atoms with Gasteiger partial charge in [-0.05, 0) is 25.3 Å². The highest BCUT2D eigenvalue weighted by molar-refractivity contribution is 5.93. The molecule has 1 heterocycles. The first-order valence-corrected chi connectivity index (χ1v) is 6.18. The predicted molar refractivity (Wildman–Crippen MR) is 67.0 cm³/mol. The Kier molecular flexibility index (Phi) is 3.39. The van der Waals surface area contributed by atoms with E-state index in [0.29, 0.717) is 30.6 Å². The summed E-state index contributed by atoms with van der Waals surface area (Å²) in [5.74, 6) is -0.382. The fourth-order valence-electron chi connectivity index (χ4n) is 2.80. The second-order valence-corrected chi connectivity index (χ2v) is 5.03. The molecule has 0 spiro atoms. The molecule has 1 fully saturated rings. The van der Waals surface area contributed by atoms with Crippen molar-refractivity contribution >= 4 is 11.9 Å². The fourth-order valence-corrected chi connectivity index (χ4v) is 2.80. The molecule has 2 rings (SSSR count). The monoisotopic (exact) mass is 266 g/mol. The van der Waals surface area contributed by atoms with Gasteiger partial charge in [-0.1, -0.05) is 6.58 Å². The van der Waals surface area contributed by atoms with Gasteiger partial charge in [0.2, 0.25) is 0 Å². The number of hydrogen-bond donors (Lipinski definition) is 0. The third kappa shape index (κ3) is 1.93. The molecule has 1 aliphatic heterocycles. The molecular weight excluding hydrogens is 248 g/mol. The highest BCUT2D eigenvalue weighted by atomic mass is 16.5. The molecule has 0 aromatic heterocycles. The van der Waals surface area contributed by atoms with Gasteiger partial charge in [-0.3, -0.25) is 4.79 Å². The van der Waals surface area contributed by atoms with Crippen molar-refractivity contribution in [1.29, 1.82) is 0 Å². The van der Waals surface area contributed by atoms with Gasteiger partial charge in [-0.25, -0.2) is 4.79 Å². The smallest absolute Gasteiger partial charge is 0.337 e. The Morgan fingerprint density at radius 1 is 1.37 bits per heavy atom. The molecule has 1 saturated heterocycles. The predicted octanol–water partition coefficient (Wildman–Crippen LogP) is 1.73. The largest absolute Gasteiger partial charge is 0.489 e. The third-order valence-corrected chi connectivity index (χ3v) is 3.86. The standard InChI is InChI=1S/C14H18O5/c1-8(2)10-7-14(13(16)18-4)6-5-9(11(14)19-10)12(15)17-3/h10H,1,5-7H2,2-4H3/t10-,14+/m0/s1. The average Bonchev–Trinajstić information content (AvgIpc) is 2.93. The Hall–Kier alpha value is -1.78. The van der Waals surface area contributed by atoms with Gasteiger partial charge >= 0.3 is 11.9 Å². The molecule has 5 heteroatoms. The summed E-state index contributed by atoms with van der Waals surface area (Å²) in [7, 11) is 2.66. The molecule has 0 unspecified atom stereocenters. The Bertz CT molecular complexity index is 476. The molecule has 2 aliphatic rings. The van der Waals surface area contributed by atoms with Crippen molar-refractivity contribution < 1.29 is 23.8 Å². The first kappa shape index (κ1) is 13.6. The van der Waals surface area contributed by atoms with E-state index in [1.807, 2.05) is 6.92 Å². The molecule has 0 aromatic rings. The van der Waals surface area contributed by atoms with Crippen molar-refractivity contribution in [3.05, 3.63) is 23.5 Å². The van der Waals surface area contributed by atoms with E-state index in [1.54, 1.807) is 0 Å². The number of fused-ring (bicyclic) bond motifs is 1. The number of esters is 2. The van der Waals surface area contributed by atoms with Crippen LogP contribution >= 0.6 is 0 Å². The van der Waals surface area contributed by atoms with Gasteiger partial charge in [0.15, 0.2) is 0 Å². The zero-order valence-corrected chi connectivity index (χ0v) is 11.4. The van der Waals surface area contributed by atoms with Crippen LogP contribution in [-0.2, 0) is 23.8 Å². The van der Waals surface area contributed by atoms with Gasteiger partial charge in [0.05, 0.1) is 19.8 Å². The maximum atomic E-state index is 12.1. The van der Waals surface area contributed by atoms with Crippen LogP contribution in [-0.4, -0.2) is 32.3 Å². The lowest BCUT2D eigenvalue weighted by atomic mass is 9.82. The molecule has 2 atom stereocenters. The molecule has 0 bridgehead atoms. The van der Waals surface area contributed by atoms with E-state index >= 15 is 0 Å². The van der Waals surface area contributed by atoms with Crippen LogP contribution in [0.4, 0.5) is 0 Å². The molecule has 104 valence electrons. The highest BCUT2D eigenvalue weighted by Gasteiger charge is 2.57. The van der Waals surface area contributed by atoms with E-state index in [0.717, 1.165) is 5.57 Å². The minimum absolute atomic E-state index is 0.256. The van der Waals surface area contributed by atoms with Crippen LogP contribution in [0.3, 0.4) is 0 Å². The van der Waals surface area contributed by atoms with Gasteiger partial charge in [0.25, 0.3) is 0 Å². The molecule has 5 nitrogen and oxygen atoms in total. The Morgan fingerprint density at radius 2 is 2.05 bits per heavy atom. The summed E-state index contributed by atoms with van der Waals surface area (Å²) in [6, 6.07) is 0. The maximum Gasteiger partial charge on any atom is 0.337 e. The van der Waals surface area contributed by atoms with Crippen LogP contribution in [0, 0.1) is 5.41 Å². The molecule has 0 saturated carbocycles. The second-order valence-electron chi connectivity index (χ2n) is 5.03. The third-order valence-electron chi connectivity index (χ3n) is 3.86. The lowest BCUT2D eigenvalue weighted by Crippen LogP contribution is -2.30. The minimum atomic E-state index is -0.845. The van der Waals surface area contributed by atoms with Gasteiger partial charge in [-0.2, -0.15) is 0 Å². The summed E-state index contributed by atoms with van der Waals surface area (Å²) >= 11 is 0. The lowest BCUT2D eigenvalue weighted by molar-refractivity contribution is -0.150. The van der Waals surface area contributed by atoms with Crippen LogP contribution in [0.1, 0.15) is 26.2 Å². The van der Waals surface area contributed by atoms with Crippen molar-refractivity contribution in [2.75, 3.05) is 14.2 Å². The normalized spacial score (nSPS) is 28.7. The lowest BCUT2D eigenvalue weighted by Gasteiger charge is -2.20. The topological polar surface area (TPSA) is 61.8 Å². The van der Waals surface area contributed by atoms with Crippen LogP contribution in [0.2, 0.25) is 0 Å². The minimum Gasteiger partial charge on any atom is -0.489 e. The Labute approximate surface area is 112 Å². The zero-order chi connectivity index (χ0) is 14.2. The van der Waals surface area contributed by atoms with E-state index in [9.17, 15) is 9.59 Å². The summed E-state index contributed by atoms with van der Waals surface area (Å²) in [5.41, 5.74) is 0.424. The molecule has 0 aromatic carbocycles. The van der Waals surface area contributed by atoms with Crippen LogP contribution in [0.5, 0.6) is 0 Å². The summed E-state index contributed by atoms with van der Waals surface area (Å²) in [4.78, 5) is 23.9. The summed E-state index contributed by atoms with van der Waals surface area (Å²) in [6.07, 6.45) is 1.21. The molecule has 1 aliphatic carbocycles. The molecule has 0 radical (unpaired) electrons. The number of methoxy groups -OCH3 is 2. The second kappa shape index (κ2) is 4.72. The van der Waals surface area contributed by atoms with Crippen molar-refractivity contribution in [3.63, 3.8) is 0 Å². The van der Waals surface area contributed by atoms with Gasteiger partial charge in [0, 0.05) is 6.42 Å². The molecule has 0 amide bonds. The van der Waals surface area contributed by atoms with E-state index in [4.69, 9.17) is 14.2 Å². The first-order valence-electron chi connectivity index (χ1n) is 6.18. The SMILES string of the molecule is C=C(C)[C@@H]1C[C@]2(C(=O)OC)CCC(C(=O)OC)=C2O1. The van der Waals surface area contributed by atoms with Crippen molar-refractivity contribution in [2.45, 2.75) is 32.3 Å². The Balaban J connectivity index is 2.46. The van der Waals surface area contributed by atoms with E-state index in [1.165, 1.54) is 14.2 Å². The van der Waals surface area contributed by atoms with Crippen LogP contribution in [0.15, 0.2) is 23.5 Å². The summed E-state index contributed by atoms with van der Waals surface area (Å²) in [5, 5.41) is 0. The maximum absolute atomic E-state index is 12.1. The molecule has 0 N–H and O–H groups in total.